The molecule has 0 aliphatic heterocycles. The Morgan fingerprint density at radius 3 is 2.85 bits per heavy atom. The van der Waals surface area contributed by atoms with E-state index < -0.39 is 0 Å². The summed E-state index contributed by atoms with van der Waals surface area (Å²) in [5.41, 5.74) is 2.03. The minimum absolute atomic E-state index is 0.491. The molecule has 2 aromatic rings. The molecule has 0 radical (unpaired) electrons. The smallest absolute Gasteiger partial charge is 0.226 e. The van der Waals surface area contributed by atoms with Gasteiger partial charge in [-0.15, -0.1) is 0 Å². The van der Waals surface area contributed by atoms with Gasteiger partial charge >= 0.3 is 0 Å². The molecule has 2 rings (SSSR count). The number of nitrogens with zero attached hydrogens (tertiary/aromatic N) is 1. The topological polar surface area (TPSA) is 26.0 Å². The molecule has 0 aromatic carbocycles. The van der Waals surface area contributed by atoms with E-state index in [1.807, 2.05) is 13.0 Å². The number of hydrogen-bond acceptors (Lipinski definition) is 2. The maximum Gasteiger partial charge on any atom is 0.226 e. The summed E-state index contributed by atoms with van der Waals surface area (Å²) < 4.78 is 5.55. The maximum atomic E-state index is 5.55. The fraction of sp³-hybridized carbons (Fsp3) is 0.364. The molecular weight excluding hydrogens is 162 g/mol. The SMILES string of the molecule is Cc1oc2ncccc2c1C(C)C. The molecular formula is C11H13NO. The van der Waals surface area contributed by atoms with Gasteiger partial charge in [0.1, 0.15) is 5.76 Å². The van der Waals surface area contributed by atoms with Gasteiger partial charge in [0.05, 0.1) is 0 Å². The Balaban J connectivity index is 2.78. The van der Waals surface area contributed by atoms with Crippen LogP contribution in [0, 0.1) is 6.92 Å². The molecule has 2 aromatic heterocycles. The average Bonchev–Trinajstić information content (AvgIpc) is 2.39. The highest BCUT2D eigenvalue weighted by atomic mass is 16.3. The van der Waals surface area contributed by atoms with Gasteiger partial charge in [0.25, 0.3) is 0 Å². The minimum atomic E-state index is 0.491. The van der Waals surface area contributed by atoms with E-state index in [-0.39, 0.29) is 0 Å². The second-order valence-corrected chi connectivity index (χ2v) is 3.58. The van der Waals surface area contributed by atoms with Gasteiger partial charge in [0, 0.05) is 17.1 Å². The van der Waals surface area contributed by atoms with Crippen LogP contribution in [0.3, 0.4) is 0 Å². The molecule has 0 saturated carbocycles. The maximum absolute atomic E-state index is 5.55. The van der Waals surface area contributed by atoms with E-state index in [9.17, 15) is 0 Å². The van der Waals surface area contributed by atoms with Gasteiger partial charge in [0.15, 0.2) is 0 Å². The summed E-state index contributed by atoms with van der Waals surface area (Å²) in [6.07, 6.45) is 1.76. The summed E-state index contributed by atoms with van der Waals surface area (Å²) >= 11 is 0. The van der Waals surface area contributed by atoms with Crippen LogP contribution < -0.4 is 0 Å². The molecule has 0 spiro atoms. The van der Waals surface area contributed by atoms with Crippen molar-refractivity contribution in [3.63, 3.8) is 0 Å². The van der Waals surface area contributed by atoms with Gasteiger partial charge in [0.2, 0.25) is 5.71 Å². The third-order valence-corrected chi connectivity index (χ3v) is 2.27. The number of pyridine rings is 1. The standard InChI is InChI=1S/C11H13NO/c1-7(2)10-8(3)13-11-9(10)5-4-6-12-11/h4-7H,1-3H3. The molecule has 2 heteroatoms. The Kier molecular flexibility index (Phi) is 1.83. The van der Waals surface area contributed by atoms with Crippen LogP contribution >= 0.6 is 0 Å². The Bertz CT molecular complexity index is 429. The van der Waals surface area contributed by atoms with Crippen LogP contribution in [0.5, 0.6) is 0 Å². The average molecular weight is 175 g/mol. The van der Waals surface area contributed by atoms with Crippen LogP contribution in [0.4, 0.5) is 0 Å². The number of rotatable bonds is 1. The number of aromatic nitrogens is 1. The summed E-state index contributed by atoms with van der Waals surface area (Å²) in [6.45, 7) is 6.34. The molecule has 68 valence electrons. The fourth-order valence-corrected chi connectivity index (χ4v) is 1.78. The van der Waals surface area contributed by atoms with Crippen molar-refractivity contribution in [1.82, 2.24) is 4.98 Å². The molecule has 0 amide bonds. The van der Waals surface area contributed by atoms with Crippen LogP contribution in [0.25, 0.3) is 11.1 Å². The Morgan fingerprint density at radius 2 is 2.15 bits per heavy atom. The molecule has 0 fully saturated rings. The van der Waals surface area contributed by atoms with Crippen molar-refractivity contribution in [2.24, 2.45) is 0 Å². The monoisotopic (exact) mass is 175 g/mol. The normalized spacial score (nSPS) is 11.4. The third-order valence-electron chi connectivity index (χ3n) is 2.27. The Morgan fingerprint density at radius 1 is 1.38 bits per heavy atom. The van der Waals surface area contributed by atoms with Crippen LogP contribution in [0.2, 0.25) is 0 Å². The highest BCUT2D eigenvalue weighted by Gasteiger charge is 2.13. The van der Waals surface area contributed by atoms with Gasteiger partial charge in [-0.25, -0.2) is 4.98 Å². The molecule has 2 heterocycles. The lowest BCUT2D eigenvalue weighted by Gasteiger charge is -2.01. The molecule has 2 nitrogen and oxygen atoms in total. The zero-order valence-electron chi connectivity index (χ0n) is 8.16. The summed E-state index contributed by atoms with van der Waals surface area (Å²) in [7, 11) is 0. The van der Waals surface area contributed by atoms with Crippen LogP contribution in [0.1, 0.15) is 31.1 Å². The predicted molar refractivity (Wildman–Crippen MR) is 52.8 cm³/mol. The van der Waals surface area contributed by atoms with Crippen molar-refractivity contribution in [2.45, 2.75) is 26.7 Å². The van der Waals surface area contributed by atoms with Crippen molar-refractivity contribution in [3.05, 3.63) is 29.7 Å². The van der Waals surface area contributed by atoms with Crippen LogP contribution in [-0.4, -0.2) is 4.98 Å². The minimum Gasteiger partial charge on any atom is -0.443 e. The van der Waals surface area contributed by atoms with Crippen molar-refractivity contribution >= 4 is 11.1 Å². The lowest BCUT2D eigenvalue weighted by atomic mass is 10.0. The van der Waals surface area contributed by atoms with Gasteiger partial charge < -0.3 is 4.42 Å². The zero-order valence-corrected chi connectivity index (χ0v) is 8.16. The van der Waals surface area contributed by atoms with Gasteiger partial charge in [-0.05, 0) is 25.0 Å². The lowest BCUT2D eigenvalue weighted by molar-refractivity contribution is 0.558. The zero-order chi connectivity index (χ0) is 9.42. The first kappa shape index (κ1) is 8.30. The van der Waals surface area contributed by atoms with Gasteiger partial charge in [-0.1, -0.05) is 13.8 Å². The molecule has 0 atom stereocenters. The Labute approximate surface area is 77.6 Å². The number of furan rings is 1. The first-order valence-electron chi connectivity index (χ1n) is 4.54. The second kappa shape index (κ2) is 2.87. The predicted octanol–water partition coefficient (Wildman–Crippen LogP) is 3.26. The van der Waals surface area contributed by atoms with E-state index in [1.165, 1.54) is 5.56 Å². The first-order chi connectivity index (χ1) is 6.20. The second-order valence-electron chi connectivity index (χ2n) is 3.58. The molecule has 0 saturated heterocycles. The van der Waals surface area contributed by atoms with Crippen molar-refractivity contribution in [1.29, 1.82) is 0 Å². The highest BCUT2D eigenvalue weighted by Crippen LogP contribution is 2.29. The largest absolute Gasteiger partial charge is 0.443 e. The van der Waals surface area contributed by atoms with Crippen LogP contribution in [0.15, 0.2) is 22.7 Å². The third kappa shape index (κ3) is 1.22. The van der Waals surface area contributed by atoms with Gasteiger partial charge in [-0.2, -0.15) is 0 Å². The van der Waals surface area contributed by atoms with E-state index in [2.05, 4.69) is 24.9 Å². The van der Waals surface area contributed by atoms with E-state index in [0.717, 1.165) is 16.9 Å². The summed E-state index contributed by atoms with van der Waals surface area (Å²) in [6, 6.07) is 4.01. The van der Waals surface area contributed by atoms with Crippen molar-refractivity contribution < 1.29 is 4.42 Å². The number of aryl methyl sites for hydroxylation is 1. The summed E-state index contributed by atoms with van der Waals surface area (Å²) in [5, 5.41) is 1.15. The van der Waals surface area contributed by atoms with E-state index in [4.69, 9.17) is 4.42 Å². The first-order valence-corrected chi connectivity index (χ1v) is 4.54. The quantitative estimate of drug-likeness (QED) is 0.664. The number of fused-ring (bicyclic) bond motifs is 1. The summed E-state index contributed by atoms with van der Waals surface area (Å²) in [4.78, 5) is 4.18. The van der Waals surface area contributed by atoms with Crippen molar-refractivity contribution in [3.8, 4) is 0 Å². The molecule has 0 unspecified atom stereocenters. The molecule has 0 bridgehead atoms. The molecule has 0 aliphatic rings. The Hall–Kier alpha value is -1.31. The fourth-order valence-electron chi connectivity index (χ4n) is 1.78. The molecule has 0 aliphatic carbocycles. The summed E-state index contributed by atoms with van der Waals surface area (Å²) in [5.74, 6) is 1.48. The van der Waals surface area contributed by atoms with Gasteiger partial charge in [-0.3, -0.25) is 0 Å². The lowest BCUT2D eigenvalue weighted by Crippen LogP contribution is -1.87. The van der Waals surface area contributed by atoms with Crippen molar-refractivity contribution in [2.75, 3.05) is 0 Å². The highest BCUT2D eigenvalue weighted by molar-refractivity contribution is 5.79. The van der Waals surface area contributed by atoms with Crippen LogP contribution in [-0.2, 0) is 0 Å². The number of hydrogen-bond donors (Lipinski definition) is 0. The van der Waals surface area contributed by atoms with E-state index in [0.29, 0.717) is 5.92 Å². The molecule has 13 heavy (non-hydrogen) atoms. The van der Waals surface area contributed by atoms with E-state index >= 15 is 0 Å². The van der Waals surface area contributed by atoms with E-state index in [1.54, 1.807) is 6.20 Å². The molecule has 0 N–H and O–H groups in total.